The molecule has 1 atom stereocenters. The van der Waals surface area contributed by atoms with Crippen molar-refractivity contribution in [3.8, 4) is 0 Å². The molecule has 3 aliphatic rings. The number of aliphatic imine (C=N–C) groups is 1. The van der Waals surface area contributed by atoms with Crippen LogP contribution >= 0.6 is 0 Å². The summed E-state index contributed by atoms with van der Waals surface area (Å²) < 4.78 is 19.5. The van der Waals surface area contributed by atoms with Crippen molar-refractivity contribution in [1.82, 2.24) is 4.90 Å². The molecule has 1 heterocycles. The minimum absolute atomic E-state index is 0.00335. The molecular formula is C23H31FN2O3. The van der Waals surface area contributed by atoms with Crippen LogP contribution in [0.3, 0.4) is 0 Å². The lowest BCUT2D eigenvalue weighted by atomic mass is 9.68. The molecule has 2 aliphatic carbocycles. The van der Waals surface area contributed by atoms with Gasteiger partial charge in [-0.1, -0.05) is 24.6 Å². The van der Waals surface area contributed by atoms with Crippen LogP contribution in [0.15, 0.2) is 29.3 Å². The number of methoxy groups -OCH3 is 1. The number of carboxylic acids is 1. The number of rotatable bonds is 8. The van der Waals surface area contributed by atoms with Crippen molar-refractivity contribution in [1.29, 1.82) is 0 Å². The van der Waals surface area contributed by atoms with Gasteiger partial charge < -0.3 is 14.7 Å². The fourth-order valence-corrected chi connectivity index (χ4v) is 4.95. The Morgan fingerprint density at radius 3 is 2.59 bits per heavy atom. The molecular weight excluding hydrogens is 371 g/mol. The van der Waals surface area contributed by atoms with Gasteiger partial charge in [0.2, 0.25) is 0 Å². The quantitative estimate of drug-likeness (QED) is 0.720. The summed E-state index contributed by atoms with van der Waals surface area (Å²) in [5.74, 6) is -0.660. The summed E-state index contributed by atoms with van der Waals surface area (Å²) >= 11 is 0. The molecule has 1 saturated heterocycles. The third kappa shape index (κ3) is 4.24. The van der Waals surface area contributed by atoms with Crippen molar-refractivity contribution >= 4 is 11.7 Å². The second kappa shape index (κ2) is 8.15. The zero-order valence-electron chi connectivity index (χ0n) is 17.2. The molecule has 158 valence electrons. The molecule has 1 N–H and O–H groups in total. The van der Waals surface area contributed by atoms with E-state index in [4.69, 9.17) is 9.73 Å². The van der Waals surface area contributed by atoms with Crippen LogP contribution in [0.25, 0.3) is 0 Å². The van der Waals surface area contributed by atoms with Crippen LogP contribution in [-0.4, -0.2) is 61.6 Å². The van der Waals surface area contributed by atoms with E-state index < -0.39 is 11.4 Å². The monoisotopic (exact) mass is 402 g/mol. The Morgan fingerprint density at radius 2 is 2.00 bits per heavy atom. The maximum atomic E-state index is 14.0. The van der Waals surface area contributed by atoms with Gasteiger partial charge in [0.15, 0.2) is 0 Å². The van der Waals surface area contributed by atoms with Crippen LogP contribution < -0.4 is 0 Å². The van der Waals surface area contributed by atoms with Gasteiger partial charge in [-0.25, -0.2) is 4.39 Å². The SMILES string of the molecule is COCC1(CN=C2CC2c2ccccc2F)CCN(CC2(C(=O)O)CCC2)CC1. The number of piperidine rings is 1. The summed E-state index contributed by atoms with van der Waals surface area (Å²) in [6.45, 7) is 3.81. The van der Waals surface area contributed by atoms with Crippen molar-refractivity contribution < 1.29 is 19.0 Å². The highest BCUT2D eigenvalue weighted by Crippen LogP contribution is 2.44. The molecule has 0 aromatic heterocycles. The first kappa shape index (κ1) is 20.5. The van der Waals surface area contributed by atoms with E-state index in [0.717, 1.165) is 62.9 Å². The zero-order valence-corrected chi connectivity index (χ0v) is 17.2. The number of nitrogens with zero attached hydrogens (tertiary/aromatic N) is 2. The predicted octanol–water partition coefficient (Wildman–Crippen LogP) is 3.74. The van der Waals surface area contributed by atoms with Gasteiger partial charge in [0.05, 0.1) is 12.0 Å². The minimum atomic E-state index is -0.642. The summed E-state index contributed by atoms with van der Waals surface area (Å²) in [6, 6.07) is 6.96. The highest BCUT2D eigenvalue weighted by molar-refractivity contribution is 6.06. The molecule has 5 nitrogen and oxygen atoms in total. The average Bonchev–Trinajstić information content (AvgIpc) is 3.44. The molecule has 4 rings (SSSR count). The lowest BCUT2D eigenvalue weighted by Crippen LogP contribution is -2.52. The largest absolute Gasteiger partial charge is 0.481 e. The molecule has 1 unspecified atom stereocenters. The second-order valence-corrected chi connectivity index (χ2v) is 9.23. The van der Waals surface area contributed by atoms with E-state index >= 15 is 0 Å². The number of carboxylic acid groups (broad SMARTS) is 1. The third-order valence-electron chi connectivity index (χ3n) is 7.21. The van der Waals surface area contributed by atoms with Gasteiger partial charge in [0, 0.05) is 37.2 Å². The van der Waals surface area contributed by atoms with E-state index in [9.17, 15) is 14.3 Å². The van der Waals surface area contributed by atoms with Crippen LogP contribution in [0.2, 0.25) is 0 Å². The number of hydrogen-bond acceptors (Lipinski definition) is 4. The van der Waals surface area contributed by atoms with Crippen molar-refractivity contribution in [2.75, 3.05) is 39.9 Å². The smallest absolute Gasteiger partial charge is 0.310 e. The van der Waals surface area contributed by atoms with Crippen LogP contribution in [0.5, 0.6) is 0 Å². The third-order valence-corrected chi connectivity index (χ3v) is 7.21. The lowest BCUT2D eigenvalue weighted by molar-refractivity contribution is -0.156. The Labute approximate surface area is 172 Å². The molecule has 6 heteroatoms. The van der Waals surface area contributed by atoms with Crippen LogP contribution in [0.1, 0.15) is 50.0 Å². The zero-order chi connectivity index (χ0) is 20.5. The number of benzene rings is 1. The molecule has 2 saturated carbocycles. The van der Waals surface area contributed by atoms with E-state index in [0.29, 0.717) is 19.7 Å². The van der Waals surface area contributed by atoms with Gasteiger partial charge in [-0.15, -0.1) is 0 Å². The standard InChI is InChI=1S/C23H31FN2O3/c1-29-16-22(14-25-20-13-18(20)17-5-2-3-6-19(17)24)9-11-26(12-10-22)15-23(21(27)28)7-4-8-23/h2-3,5-6,18H,4,7-16H2,1H3,(H,27,28). The molecule has 29 heavy (non-hydrogen) atoms. The van der Waals surface area contributed by atoms with Gasteiger partial charge in [0.25, 0.3) is 0 Å². The van der Waals surface area contributed by atoms with Crippen LogP contribution in [0.4, 0.5) is 4.39 Å². The molecule has 3 fully saturated rings. The molecule has 1 aliphatic heterocycles. The number of likely N-dealkylation sites (tertiary alicyclic amines) is 1. The highest BCUT2D eigenvalue weighted by atomic mass is 19.1. The van der Waals surface area contributed by atoms with Gasteiger partial charge in [-0.05, 0) is 56.8 Å². The maximum Gasteiger partial charge on any atom is 0.310 e. The summed E-state index contributed by atoms with van der Waals surface area (Å²) in [6.07, 6.45) is 5.38. The number of halogens is 1. The Morgan fingerprint density at radius 1 is 1.28 bits per heavy atom. The summed E-state index contributed by atoms with van der Waals surface area (Å²) in [4.78, 5) is 18.8. The topological polar surface area (TPSA) is 62.1 Å². The van der Waals surface area contributed by atoms with Crippen molar-refractivity contribution in [2.45, 2.75) is 44.4 Å². The summed E-state index contributed by atoms with van der Waals surface area (Å²) in [7, 11) is 1.73. The van der Waals surface area contributed by atoms with Gasteiger partial charge >= 0.3 is 5.97 Å². The van der Waals surface area contributed by atoms with Crippen molar-refractivity contribution in [2.24, 2.45) is 15.8 Å². The molecule has 1 aromatic rings. The van der Waals surface area contributed by atoms with Crippen molar-refractivity contribution in [3.05, 3.63) is 35.6 Å². The Balaban J connectivity index is 1.35. The van der Waals surface area contributed by atoms with Crippen molar-refractivity contribution in [3.63, 3.8) is 0 Å². The van der Waals surface area contributed by atoms with E-state index in [1.54, 1.807) is 13.2 Å². The molecule has 0 amide bonds. The molecule has 0 bridgehead atoms. The van der Waals surface area contributed by atoms with Gasteiger partial charge in [-0.2, -0.15) is 0 Å². The summed E-state index contributed by atoms with van der Waals surface area (Å²) in [5, 5.41) is 9.60. The predicted molar refractivity (Wildman–Crippen MR) is 110 cm³/mol. The molecule has 1 aromatic carbocycles. The molecule has 0 spiro atoms. The number of carbonyl (C=O) groups is 1. The lowest BCUT2D eigenvalue weighted by Gasteiger charge is -2.46. The van der Waals surface area contributed by atoms with Gasteiger partial charge in [0.1, 0.15) is 5.82 Å². The first-order chi connectivity index (χ1) is 14.0. The fourth-order valence-electron chi connectivity index (χ4n) is 4.95. The fraction of sp³-hybridized carbons (Fsp3) is 0.652. The van der Waals surface area contributed by atoms with Crippen LogP contribution in [-0.2, 0) is 9.53 Å². The number of ether oxygens (including phenoxy) is 1. The van der Waals surface area contributed by atoms with Gasteiger partial charge in [-0.3, -0.25) is 9.79 Å². The van der Waals surface area contributed by atoms with E-state index in [2.05, 4.69) is 4.90 Å². The minimum Gasteiger partial charge on any atom is -0.481 e. The normalized spacial score (nSPS) is 26.8. The van der Waals surface area contributed by atoms with E-state index in [1.165, 1.54) is 6.07 Å². The number of aliphatic carboxylic acids is 1. The first-order valence-electron chi connectivity index (χ1n) is 10.7. The Kier molecular flexibility index (Phi) is 5.76. The Bertz CT molecular complexity index is 782. The summed E-state index contributed by atoms with van der Waals surface area (Å²) in [5.41, 5.74) is 1.31. The first-order valence-corrected chi connectivity index (χ1v) is 10.7. The van der Waals surface area contributed by atoms with Crippen LogP contribution in [0, 0.1) is 16.6 Å². The highest BCUT2D eigenvalue weighted by Gasteiger charge is 2.47. The number of hydrogen-bond donors (Lipinski definition) is 1. The molecule has 0 radical (unpaired) electrons. The van der Waals surface area contributed by atoms with E-state index in [1.807, 2.05) is 12.1 Å². The van der Waals surface area contributed by atoms with E-state index in [-0.39, 0.29) is 17.2 Å². The Hall–Kier alpha value is -1.79. The average molecular weight is 403 g/mol. The maximum absolute atomic E-state index is 14.0. The second-order valence-electron chi connectivity index (χ2n) is 9.23.